The van der Waals surface area contributed by atoms with Crippen molar-refractivity contribution in [2.75, 3.05) is 5.32 Å². The van der Waals surface area contributed by atoms with Gasteiger partial charge in [-0.1, -0.05) is 19.1 Å². The van der Waals surface area contributed by atoms with Gasteiger partial charge in [0.05, 0.1) is 5.69 Å². The molecule has 2 aromatic rings. The number of hydrogen-bond acceptors (Lipinski definition) is 5. The summed E-state index contributed by atoms with van der Waals surface area (Å²) in [6.45, 7) is 6.90. The van der Waals surface area contributed by atoms with Crippen molar-refractivity contribution in [1.29, 1.82) is 0 Å². The molecule has 1 atom stereocenters. The molecule has 1 N–H and O–H groups in total. The van der Waals surface area contributed by atoms with E-state index in [2.05, 4.69) is 5.32 Å². The number of anilines is 1. The summed E-state index contributed by atoms with van der Waals surface area (Å²) < 4.78 is 5.26. The number of nitrogens with one attached hydrogen (secondary N) is 1. The van der Waals surface area contributed by atoms with Crippen LogP contribution in [0.15, 0.2) is 30.3 Å². The number of carbonyl (C=O) groups excluding carboxylic acids is 3. The summed E-state index contributed by atoms with van der Waals surface area (Å²) >= 11 is 1.38. The Morgan fingerprint density at radius 2 is 1.92 bits per heavy atom. The number of rotatable bonds is 6. The minimum absolute atomic E-state index is 0.151. The van der Waals surface area contributed by atoms with Crippen molar-refractivity contribution in [1.82, 2.24) is 0 Å². The molecule has 0 fully saturated rings. The van der Waals surface area contributed by atoms with Crippen LogP contribution < -0.4 is 5.32 Å². The minimum atomic E-state index is -0.972. The first-order chi connectivity index (χ1) is 11.8. The van der Waals surface area contributed by atoms with Gasteiger partial charge in [-0.15, -0.1) is 11.3 Å². The zero-order valence-electron chi connectivity index (χ0n) is 14.7. The third-order valence-electron chi connectivity index (χ3n) is 3.76. The van der Waals surface area contributed by atoms with Crippen LogP contribution in [0, 0.1) is 6.92 Å². The Balaban J connectivity index is 2.05. The highest BCUT2D eigenvalue weighted by molar-refractivity contribution is 7.14. The molecular formula is C19H21NO4S. The van der Waals surface area contributed by atoms with Crippen molar-refractivity contribution >= 4 is 34.7 Å². The summed E-state index contributed by atoms with van der Waals surface area (Å²) in [7, 11) is 0. The van der Waals surface area contributed by atoms with E-state index in [1.165, 1.54) is 25.2 Å². The molecule has 25 heavy (non-hydrogen) atoms. The molecule has 0 saturated carbocycles. The lowest BCUT2D eigenvalue weighted by Gasteiger charge is -2.14. The summed E-state index contributed by atoms with van der Waals surface area (Å²) in [5.41, 5.74) is 1.87. The quantitative estimate of drug-likeness (QED) is 0.625. The van der Waals surface area contributed by atoms with E-state index >= 15 is 0 Å². The number of aryl methyl sites for hydroxylation is 2. The minimum Gasteiger partial charge on any atom is -0.448 e. The van der Waals surface area contributed by atoms with Crippen LogP contribution in [-0.2, 0) is 16.0 Å². The molecule has 0 aliphatic heterocycles. The molecule has 5 nitrogen and oxygen atoms in total. The fraction of sp³-hybridized carbons (Fsp3) is 0.316. The molecule has 1 amide bonds. The number of benzene rings is 1. The molecular weight excluding hydrogens is 338 g/mol. The van der Waals surface area contributed by atoms with Crippen molar-refractivity contribution in [3.63, 3.8) is 0 Å². The topological polar surface area (TPSA) is 72.5 Å². The predicted molar refractivity (Wildman–Crippen MR) is 98.4 cm³/mol. The van der Waals surface area contributed by atoms with Crippen molar-refractivity contribution in [2.24, 2.45) is 0 Å². The summed E-state index contributed by atoms with van der Waals surface area (Å²) in [6, 6.07) is 8.50. The Morgan fingerprint density at radius 1 is 1.24 bits per heavy atom. The zero-order chi connectivity index (χ0) is 18.6. The highest BCUT2D eigenvalue weighted by atomic mass is 32.1. The molecule has 0 bridgehead atoms. The molecule has 1 aromatic carbocycles. The predicted octanol–water partition coefficient (Wildman–Crippen LogP) is 4.01. The van der Waals surface area contributed by atoms with Crippen LogP contribution in [-0.4, -0.2) is 23.8 Å². The van der Waals surface area contributed by atoms with Crippen molar-refractivity contribution < 1.29 is 19.1 Å². The van der Waals surface area contributed by atoms with E-state index in [9.17, 15) is 14.4 Å². The summed E-state index contributed by atoms with van der Waals surface area (Å²) in [5.74, 6) is -1.15. The molecule has 0 radical (unpaired) electrons. The van der Waals surface area contributed by atoms with Crippen LogP contribution in [0.1, 0.15) is 51.2 Å². The normalized spacial score (nSPS) is 11.7. The molecule has 0 aliphatic carbocycles. The van der Waals surface area contributed by atoms with Gasteiger partial charge in [0, 0.05) is 10.4 Å². The zero-order valence-corrected chi connectivity index (χ0v) is 15.5. The first-order valence-corrected chi connectivity index (χ1v) is 8.86. The SMILES string of the molecule is CCc1sc(C(=O)O[C@@H](C)C(=O)Nc2ccccc2C(C)=O)cc1C. The number of amides is 1. The number of ketones is 1. The van der Waals surface area contributed by atoms with Crippen LogP contribution in [0.3, 0.4) is 0 Å². The van der Waals surface area contributed by atoms with Gasteiger partial charge >= 0.3 is 5.97 Å². The Morgan fingerprint density at radius 3 is 2.52 bits per heavy atom. The van der Waals surface area contributed by atoms with Gasteiger partial charge in [-0.25, -0.2) is 4.79 Å². The van der Waals surface area contributed by atoms with Gasteiger partial charge in [0.25, 0.3) is 5.91 Å². The molecule has 0 saturated heterocycles. The number of thiophene rings is 1. The summed E-state index contributed by atoms with van der Waals surface area (Å²) in [5, 5.41) is 2.64. The maximum atomic E-state index is 12.3. The van der Waals surface area contributed by atoms with Gasteiger partial charge in [0.2, 0.25) is 0 Å². The number of ether oxygens (including phenoxy) is 1. The lowest BCUT2D eigenvalue weighted by Crippen LogP contribution is -2.30. The second-order valence-corrected chi connectivity index (χ2v) is 6.85. The summed E-state index contributed by atoms with van der Waals surface area (Å²) in [4.78, 5) is 37.7. The third-order valence-corrected chi connectivity index (χ3v) is 5.12. The fourth-order valence-electron chi connectivity index (χ4n) is 2.38. The average molecular weight is 359 g/mol. The Hall–Kier alpha value is -2.47. The largest absolute Gasteiger partial charge is 0.448 e. The first-order valence-electron chi connectivity index (χ1n) is 8.04. The second-order valence-electron chi connectivity index (χ2n) is 5.71. The molecule has 2 rings (SSSR count). The molecule has 132 valence electrons. The maximum absolute atomic E-state index is 12.3. The Bertz CT molecular complexity index is 810. The smallest absolute Gasteiger partial charge is 0.349 e. The lowest BCUT2D eigenvalue weighted by molar-refractivity contribution is -0.123. The van der Waals surface area contributed by atoms with Gasteiger partial charge in [0.1, 0.15) is 4.88 Å². The molecule has 0 unspecified atom stereocenters. The molecule has 1 heterocycles. The van der Waals surface area contributed by atoms with Crippen LogP contribution in [0.25, 0.3) is 0 Å². The third kappa shape index (κ3) is 4.54. The van der Waals surface area contributed by atoms with Crippen molar-refractivity contribution in [3.8, 4) is 0 Å². The number of Topliss-reactive ketones (excluding diaryl/α,β-unsaturated/α-hetero) is 1. The fourth-order valence-corrected chi connectivity index (χ4v) is 3.37. The lowest BCUT2D eigenvalue weighted by atomic mass is 10.1. The van der Waals surface area contributed by atoms with Gasteiger partial charge in [-0.3, -0.25) is 9.59 Å². The van der Waals surface area contributed by atoms with Crippen molar-refractivity contribution in [2.45, 2.75) is 40.2 Å². The van der Waals surface area contributed by atoms with Crippen LogP contribution in [0.2, 0.25) is 0 Å². The van der Waals surface area contributed by atoms with Gasteiger partial charge in [-0.05, 0) is 51.0 Å². The Labute approximate surface area is 151 Å². The van der Waals surface area contributed by atoms with E-state index in [0.717, 1.165) is 16.9 Å². The molecule has 0 spiro atoms. The van der Waals surface area contributed by atoms with E-state index in [4.69, 9.17) is 4.74 Å². The molecule has 6 heteroatoms. The van der Waals surface area contributed by atoms with E-state index in [-0.39, 0.29) is 5.78 Å². The van der Waals surface area contributed by atoms with Gasteiger partial charge < -0.3 is 10.1 Å². The Kier molecular flexibility index (Phi) is 6.09. The number of hydrogen-bond donors (Lipinski definition) is 1. The first kappa shape index (κ1) is 18.9. The van der Waals surface area contributed by atoms with Gasteiger partial charge in [0.15, 0.2) is 11.9 Å². The molecule has 1 aromatic heterocycles. The van der Waals surface area contributed by atoms with E-state index in [1.54, 1.807) is 30.3 Å². The highest BCUT2D eigenvalue weighted by Crippen LogP contribution is 2.23. The standard InChI is InChI=1S/C19H21NO4S/c1-5-16-11(2)10-17(25-16)19(23)24-13(4)18(22)20-15-9-7-6-8-14(15)12(3)21/h6-10,13H,5H2,1-4H3,(H,20,22)/t13-/m0/s1. The second kappa shape index (κ2) is 8.07. The average Bonchev–Trinajstić information content (AvgIpc) is 2.96. The number of carbonyl (C=O) groups is 3. The molecule has 0 aliphatic rings. The monoisotopic (exact) mass is 359 g/mol. The number of esters is 1. The van der Waals surface area contributed by atoms with E-state index in [0.29, 0.717) is 16.1 Å². The highest BCUT2D eigenvalue weighted by Gasteiger charge is 2.22. The van der Waals surface area contributed by atoms with E-state index < -0.39 is 18.0 Å². The van der Waals surface area contributed by atoms with Crippen LogP contribution in [0.4, 0.5) is 5.69 Å². The van der Waals surface area contributed by atoms with Gasteiger partial charge in [-0.2, -0.15) is 0 Å². The summed E-state index contributed by atoms with van der Waals surface area (Å²) in [6.07, 6.45) is -0.123. The van der Waals surface area contributed by atoms with Crippen molar-refractivity contribution in [3.05, 3.63) is 51.2 Å². The van der Waals surface area contributed by atoms with E-state index in [1.807, 2.05) is 13.8 Å². The maximum Gasteiger partial charge on any atom is 0.349 e. The van der Waals surface area contributed by atoms with Crippen LogP contribution in [0.5, 0.6) is 0 Å². The number of para-hydroxylation sites is 1. The van der Waals surface area contributed by atoms with Crippen LogP contribution >= 0.6 is 11.3 Å².